The maximum Gasteiger partial charge on any atom is 0.330 e. The van der Waals surface area contributed by atoms with E-state index >= 15 is 0 Å². The molecule has 1 saturated carbocycles. The Morgan fingerprint density at radius 1 is 1.02 bits per heavy atom. The Hall–Kier alpha value is -3.69. The third-order valence-corrected chi connectivity index (χ3v) is 11.3. The molecule has 1 spiro atoms. The molecule has 9 heteroatoms. The van der Waals surface area contributed by atoms with Crippen molar-refractivity contribution in [3.8, 4) is 17.2 Å². The molecule has 9 nitrogen and oxygen atoms in total. The fourth-order valence-electron chi connectivity index (χ4n) is 8.67. The molecule has 1 aromatic rings. The van der Waals surface area contributed by atoms with Crippen molar-refractivity contribution in [3.63, 3.8) is 0 Å². The number of phenols is 1. The molecule has 3 fully saturated rings. The highest BCUT2D eigenvalue weighted by Crippen LogP contribution is 2.69. The summed E-state index contributed by atoms with van der Waals surface area (Å²) in [5.41, 5.74) is -2.53. The van der Waals surface area contributed by atoms with Crippen LogP contribution in [0.4, 0.5) is 0 Å². The number of aromatic hydroxyl groups is 1. The molecule has 0 radical (unpaired) electrons. The number of carbonyl (C=O) groups excluding carboxylic acids is 2. The van der Waals surface area contributed by atoms with E-state index in [1.165, 1.54) is 18.6 Å². The summed E-state index contributed by atoms with van der Waals surface area (Å²) in [5.74, 6) is -2.36. The van der Waals surface area contributed by atoms with E-state index in [-0.39, 0.29) is 46.5 Å². The number of hydrogen-bond donors (Lipinski definition) is 2. The lowest BCUT2D eigenvalue weighted by Crippen LogP contribution is -2.72. The van der Waals surface area contributed by atoms with Crippen LogP contribution >= 0.6 is 0 Å². The molecular weight excluding hydrogens is 600 g/mol. The van der Waals surface area contributed by atoms with Crippen LogP contribution in [0, 0.1) is 11.8 Å². The fourth-order valence-corrected chi connectivity index (χ4v) is 8.67. The van der Waals surface area contributed by atoms with Crippen LogP contribution in [0.3, 0.4) is 0 Å². The minimum atomic E-state index is -1.64. The van der Waals surface area contributed by atoms with Crippen LogP contribution in [0.2, 0.25) is 0 Å². The molecule has 2 saturated heterocycles. The van der Waals surface area contributed by atoms with Crippen molar-refractivity contribution in [2.24, 2.45) is 11.8 Å². The van der Waals surface area contributed by atoms with Gasteiger partial charge in [-0.3, -0.25) is 9.59 Å². The molecule has 6 atom stereocenters. The molecule has 1 aromatic carbocycles. The van der Waals surface area contributed by atoms with Crippen LogP contribution < -0.4 is 9.47 Å². The van der Waals surface area contributed by atoms with E-state index in [0.717, 1.165) is 6.42 Å². The van der Waals surface area contributed by atoms with Gasteiger partial charge in [-0.2, -0.15) is 0 Å². The van der Waals surface area contributed by atoms with Crippen LogP contribution in [-0.2, 0) is 25.5 Å². The van der Waals surface area contributed by atoms with Crippen LogP contribution in [0.5, 0.6) is 17.2 Å². The van der Waals surface area contributed by atoms with Crippen LogP contribution in [0.25, 0.3) is 6.08 Å². The third kappa shape index (κ3) is 4.38. The first-order valence-corrected chi connectivity index (χ1v) is 16.6. The van der Waals surface area contributed by atoms with Crippen molar-refractivity contribution in [1.82, 2.24) is 0 Å². The summed E-state index contributed by atoms with van der Waals surface area (Å²) in [4.78, 5) is 41.0. The largest absolute Gasteiger partial charge is 0.506 e. The zero-order valence-electron chi connectivity index (χ0n) is 28.4. The second kappa shape index (κ2) is 9.92. The first kappa shape index (κ1) is 31.9. The van der Waals surface area contributed by atoms with Crippen molar-refractivity contribution in [3.05, 3.63) is 57.7 Å². The Balaban J connectivity index is 1.44. The number of epoxide rings is 1. The van der Waals surface area contributed by atoms with E-state index in [9.17, 15) is 24.6 Å². The molecule has 7 aliphatic rings. The van der Waals surface area contributed by atoms with Gasteiger partial charge in [-0.05, 0) is 86.8 Å². The van der Waals surface area contributed by atoms with Crippen molar-refractivity contribution in [2.75, 3.05) is 0 Å². The van der Waals surface area contributed by atoms with Crippen molar-refractivity contribution in [1.29, 1.82) is 0 Å². The zero-order valence-corrected chi connectivity index (χ0v) is 28.4. The lowest BCUT2D eigenvalue weighted by atomic mass is 9.51. The molecule has 2 N–H and O–H groups in total. The average Bonchev–Trinajstić information content (AvgIpc) is 3.55. The van der Waals surface area contributed by atoms with Gasteiger partial charge in [0.2, 0.25) is 0 Å². The highest BCUT2D eigenvalue weighted by molar-refractivity contribution is 6.19. The Bertz CT molecular complexity index is 1770. The maximum atomic E-state index is 14.8. The van der Waals surface area contributed by atoms with Gasteiger partial charge in [-0.15, -0.1) is 0 Å². The number of benzene rings is 1. The summed E-state index contributed by atoms with van der Waals surface area (Å²) in [6, 6.07) is 0. The van der Waals surface area contributed by atoms with E-state index in [1.54, 1.807) is 6.08 Å². The van der Waals surface area contributed by atoms with E-state index in [1.807, 2.05) is 46.8 Å². The van der Waals surface area contributed by atoms with E-state index in [4.69, 9.17) is 18.9 Å². The Morgan fingerprint density at radius 3 is 2.36 bits per heavy atom. The van der Waals surface area contributed by atoms with Crippen LogP contribution in [0.15, 0.2) is 41.0 Å². The number of rotatable bonds is 8. The molecule has 4 heterocycles. The first-order chi connectivity index (χ1) is 21.9. The van der Waals surface area contributed by atoms with E-state index < -0.39 is 51.6 Å². The molecule has 3 aliphatic carbocycles. The number of aliphatic carboxylic acids is 1. The zero-order chi connectivity index (χ0) is 34.1. The molecule has 0 aromatic heterocycles. The van der Waals surface area contributed by atoms with Gasteiger partial charge in [-0.25, -0.2) is 4.79 Å². The first-order valence-electron chi connectivity index (χ1n) is 16.6. The van der Waals surface area contributed by atoms with Gasteiger partial charge in [0.1, 0.15) is 28.4 Å². The highest BCUT2D eigenvalue weighted by Gasteiger charge is 2.81. The van der Waals surface area contributed by atoms with Crippen LogP contribution in [0.1, 0.15) is 103 Å². The average molecular weight is 645 g/mol. The predicted octanol–water partition coefficient (Wildman–Crippen LogP) is 6.45. The third-order valence-electron chi connectivity index (χ3n) is 11.3. The van der Waals surface area contributed by atoms with E-state index in [0.29, 0.717) is 36.1 Å². The normalized spacial score (nSPS) is 34.9. The summed E-state index contributed by atoms with van der Waals surface area (Å²) >= 11 is 0. The second-order valence-electron chi connectivity index (χ2n) is 15.7. The number of fused-ring (bicyclic) bond motifs is 2. The quantitative estimate of drug-likeness (QED) is 0.186. The molecular formula is C38H44O9. The number of hydrogen-bond acceptors (Lipinski definition) is 8. The summed E-state index contributed by atoms with van der Waals surface area (Å²) in [7, 11) is 0. The molecule has 47 heavy (non-hydrogen) atoms. The molecule has 250 valence electrons. The number of ether oxygens (including phenoxy) is 4. The predicted molar refractivity (Wildman–Crippen MR) is 174 cm³/mol. The molecule has 4 bridgehead atoms. The maximum absolute atomic E-state index is 14.8. The summed E-state index contributed by atoms with van der Waals surface area (Å²) < 4.78 is 26.7. The molecule has 4 aliphatic heterocycles. The monoisotopic (exact) mass is 644 g/mol. The smallest absolute Gasteiger partial charge is 0.330 e. The van der Waals surface area contributed by atoms with Crippen molar-refractivity contribution >= 4 is 23.6 Å². The minimum absolute atomic E-state index is 0.0417. The van der Waals surface area contributed by atoms with Gasteiger partial charge in [0.05, 0.1) is 22.9 Å². The number of allylic oxidation sites excluding steroid dienone is 3. The number of carboxylic acids is 1. The second-order valence-corrected chi connectivity index (χ2v) is 15.7. The highest BCUT2D eigenvalue weighted by atomic mass is 16.6. The number of carbonyl (C=O) groups is 3. The summed E-state index contributed by atoms with van der Waals surface area (Å²) in [6.07, 6.45) is 11.1. The number of ketones is 2. The van der Waals surface area contributed by atoms with E-state index in [2.05, 4.69) is 19.9 Å². The Morgan fingerprint density at radius 2 is 1.72 bits per heavy atom. The Labute approximate surface area is 275 Å². The topological polar surface area (TPSA) is 132 Å². The van der Waals surface area contributed by atoms with Crippen molar-refractivity contribution < 1.29 is 43.5 Å². The summed E-state index contributed by atoms with van der Waals surface area (Å²) in [6.45, 7) is 15.4. The van der Waals surface area contributed by atoms with Gasteiger partial charge in [-0.1, -0.05) is 23.8 Å². The lowest BCUT2D eigenvalue weighted by Gasteiger charge is -2.56. The SMILES string of the molecule is CC(C)=CCC[C@]1(C)C=Cc2c(O)c3c(c(CC4OC4(C)C)c2O1)OC12C(=C[C@@H]4CC1C(C)(C)OC2(C/C=C(\C)C(=O)O)C4=O)C3=O. The van der Waals surface area contributed by atoms with Gasteiger partial charge < -0.3 is 29.2 Å². The lowest BCUT2D eigenvalue weighted by molar-refractivity contribution is -0.171. The summed E-state index contributed by atoms with van der Waals surface area (Å²) in [5, 5.41) is 21.5. The number of Topliss-reactive ketones (excluding diaryl/α,β-unsaturated/α-hetero) is 2. The van der Waals surface area contributed by atoms with Crippen LogP contribution in [-0.4, -0.2) is 61.9 Å². The van der Waals surface area contributed by atoms with Gasteiger partial charge >= 0.3 is 5.97 Å². The Kier molecular flexibility index (Phi) is 6.73. The van der Waals surface area contributed by atoms with Gasteiger partial charge in [0.25, 0.3) is 0 Å². The van der Waals surface area contributed by atoms with Gasteiger partial charge in [0.15, 0.2) is 22.8 Å². The number of carboxylic acid groups (broad SMARTS) is 1. The molecule has 0 amide bonds. The minimum Gasteiger partial charge on any atom is -0.506 e. The fraction of sp³-hybridized carbons (Fsp3) is 0.553. The van der Waals surface area contributed by atoms with Crippen molar-refractivity contribution in [2.45, 2.75) is 122 Å². The molecule has 8 rings (SSSR count). The standard InChI is InChI=1S/C38H44O9/c1-19(2)10-9-13-36(8)14-12-22-28(39)27-29(40)24-16-21-17-25-34(4,5)47-37(32(21)41,15-11-20(3)33(42)43)38(24,25)46-31(27)23(30(22)45-36)18-26-35(6,7)44-26/h10-12,14,16,21,25-26,39H,9,13,15,17-18H2,1-8H3,(H,42,43)/b20-11+/t21-,25?,26?,36-,37?,38?/m1/s1. The molecule has 4 unspecified atom stereocenters. The number of phenolic OH excluding ortho intramolecular Hbond substituents is 1. The van der Waals surface area contributed by atoms with Gasteiger partial charge in [0, 0.05) is 41.4 Å².